The summed E-state index contributed by atoms with van der Waals surface area (Å²) in [5, 5.41) is 5.53. The molecular weight excluding hydrogens is 220 g/mol. The summed E-state index contributed by atoms with van der Waals surface area (Å²) in [6.07, 6.45) is 4.01. The fraction of sp³-hybridized carbons (Fsp3) is 0.385. The minimum Gasteiger partial charge on any atom is -0.356 e. The fourth-order valence-corrected chi connectivity index (χ4v) is 2.37. The van der Waals surface area contributed by atoms with Crippen LogP contribution in [0.5, 0.6) is 0 Å². The first kappa shape index (κ1) is 10.2. The highest BCUT2D eigenvalue weighted by Gasteiger charge is 2.16. The topological polar surface area (TPSA) is 27.8 Å². The van der Waals surface area contributed by atoms with Crippen LogP contribution in [0.1, 0.15) is 25.0 Å². The standard InChI is InChI=1S/C13H15ClN2/c14-12-6-1-3-9-7-11(16-13(9)12)8-15-10-4-2-5-10/h1,3,6-7,10,15-16H,2,4-5,8H2. The molecule has 0 bridgehead atoms. The number of halogens is 1. The third-order valence-corrected chi connectivity index (χ3v) is 3.66. The van der Waals surface area contributed by atoms with Crippen LogP contribution in [-0.2, 0) is 6.54 Å². The number of hydrogen-bond donors (Lipinski definition) is 2. The van der Waals surface area contributed by atoms with Crippen molar-refractivity contribution in [1.82, 2.24) is 10.3 Å². The van der Waals surface area contributed by atoms with Gasteiger partial charge in [-0.25, -0.2) is 0 Å². The van der Waals surface area contributed by atoms with Gasteiger partial charge in [0, 0.05) is 23.7 Å². The normalized spacial score (nSPS) is 16.6. The summed E-state index contributed by atoms with van der Waals surface area (Å²) >= 11 is 6.12. The van der Waals surface area contributed by atoms with Crippen LogP contribution in [0.25, 0.3) is 10.9 Å². The maximum absolute atomic E-state index is 6.12. The lowest BCUT2D eigenvalue weighted by Crippen LogP contribution is -2.34. The first-order valence-corrected chi connectivity index (χ1v) is 6.20. The summed E-state index contributed by atoms with van der Waals surface area (Å²) in [5.41, 5.74) is 2.27. The quantitative estimate of drug-likeness (QED) is 0.837. The molecule has 3 rings (SSSR count). The maximum atomic E-state index is 6.12. The van der Waals surface area contributed by atoms with Crippen molar-refractivity contribution in [2.45, 2.75) is 31.8 Å². The molecule has 0 atom stereocenters. The van der Waals surface area contributed by atoms with Crippen LogP contribution in [0.2, 0.25) is 5.02 Å². The number of benzene rings is 1. The van der Waals surface area contributed by atoms with E-state index in [-0.39, 0.29) is 0 Å². The Kier molecular flexibility index (Phi) is 2.62. The van der Waals surface area contributed by atoms with E-state index in [0.717, 1.165) is 23.1 Å². The third kappa shape index (κ3) is 1.83. The van der Waals surface area contributed by atoms with Crippen LogP contribution >= 0.6 is 11.6 Å². The molecule has 1 aromatic carbocycles. The number of nitrogens with one attached hydrogen (secondary N) is 2. The van der Waals surface area contributed by atoms with Gasteiger partial charge in [0.1, 0.15) is 0 Å². The second kappa shape index (κ2) is 4.11. The Morgan fingerprint density at radius 3 is 2.94 bits per heavy atom. The predicted molar refractivity (Wildman–Crippen MR) is 67.8 cm³/mol. The van der Waals surface area contributed by atoms with Gasteiger partial charge in [0.2, 0.25) is 0 Å². The zero-order valence-electron chi connectivity index (χ0n) is 9.09. The lowest BCUT2D eigenvalue weighted by Gasteiger charge is -2.26. The smallest absolute Gasteiger partial charge is 0.0647 e. The van der Waals surface area contributed by atoms with Crippen molar-refractivity contribution in [1.29, 1.82) is 0 Å². The lowest BCUT2D eigenvalue weighted by atomic mass is 9.93. The fourth-order valence-electron chi connectivity index (χ4n) is 2.14. The zero-order chi connectivity index (χ0) is 11.0. The summed E-state index contributed by atoms with van der Waals surface area (Å²) < 4.78 is 0. The Labute approximate surface area is 100.0 Å². The number of fused-ring (bicyclic) bond motifs is 1. The van der Waals surface area contributed by atoms with Gasteiger partial charge < -0.3 is 10.3 Å². The largest absolute Gasteiger partial charge is 0.356 e. The molecule has 1 fully saturated rings. The molecular formula is C13H15ClN2. The highest BCUT2D eigenvalue weighted by atomic mass is 35.5. The van der Waals surface area contributed by atoms with E-state index in [0.29, 0.717) is 0 Å². The van der Waals surface area contributed by atoms with Gasteiger partial charge in [0.15, 0.2) is 0 Å². The number of H-pyrrole nitrogens is 1. The van der Waals surface area contributed by atoms with Gasteiger partial charge in [-0.3, -0.25) is 0 Å². The van der Waals surface area contributed by atoms with Gasteiger partial charge in [-0.1, -0.05) is 30.2 Å². The molecule has 0 aliphatic heterocycles. The average molecular weight is 235 g/mol. The van der Waals surface area contributed by atoms with Gasteiger partial charge in [-0.2, -0.15) is 0 Å². The Morgan fingerprint density at radius 2 is 2.25 bits per heavy atom. The van der Waals surface area contributed by atoms with E-state index in [2.05, 4.69) is 22.4 Å². The van der Waals surface area contributed by atoms with Crippen molar-refractivity contribution in [2.75, 3.05) is 0 Å². The number of aromatic nitrogens is 1. The summed E-state index contributed by atoms with van der Waals surface area (Å²) in [6, 6.07) is 8.89. The Morgan fingerprint density at radius 1 is 1.38 bits per heavy atom. The van der Waals surface area contributed by atoms with E-state index >= 15 is 0 Å². The molecule has 1 heterocycles. The summed E-state index contributed by atoms with van der Waals surface area (Å²) in [7, 11) is 0. The highest BCUT2D eigenvalue weighted by Crippen LogP contribution is 2.24. The van der Waals surface area contributed by atoms with Crippen molar-refractivity contribution in [3.63, 3.8) is 0 Å². The molecule has 1 aromatic heterocycles. The molecule has 16 heavy (non-hydrogen) atoms. The van der Waals surface area contributed by atoms with Crippen LogP contribution in [-0.4, -0.2) is 11.0 Å². The van der Waals surface area contributed by atoms with Crippen LogP contribution in [0.15, 0.2) is 24.3 Å². The minimum atomic E-state index is 0.724. The first-order valence-electron chi connectivity index (χ1n) is 5.82. The second-order valence-electron chi connectivity index (χ2n) is 4.51. The zero-order valence-corrected chi connectivity index (χ0v) is 9.85. The van der Waals surface area contributed by atoms with Crippen molar-refractivity contribution in [2.24, 2.45) is 0 Å². The van der Waals surface area contributed by atoms with E-state index in [1.54, 1.807) is 0 Å². The molecule has 0 unspecified atom stereocenters. The van der Waals surface area contributed by atoms with E-state index in [1.165, 1.54) is 30.3 Å². The molecule has 1 saturated carbocycles. The third-order valence-electron chi connectivity index (χ3n) is 3.35. The molecule has 0 saturated heterocycles. The first-order chi connectivity index (χ1) is 7.83. The molecule has 84 valence electrons. The van der Waals surface area contributed by atoms with E-state index in [4.69, 9.17) is 11.6 Å². The van der Waals surface area contributed by atoms with Gasteiger partial charge in [0.05, 0.1) is 10.5 Å². The molecule has 0 spiro atoms. The molecule has 0 radical (unpaired) electrons. The van der Waals surface area contributed by atoms with E-state index < -0.39 is 0 Å². The molecule has 2 N–H and O–H groups in total. The predicted octanol–water partition coefficient (Wildman–Crippen LogP) is 3.46. The van der Waals surface area contributed by atoms with Gasteiger partial charge >= 0.3 is 0 Å². The van der Waals surface area contributed by atoms with Gasteiger partial charge in [-0.05, 0) is 25.0 Å². The monoisotopic (exact) mass is 234 g/mol. The Bertz CT molecular complexity index is 500. The number of rotatable bonds is 3. The molecule has 2 aromatic rings. The Hall–Kier alpha value is -0.990. The van der Waals surface area contributed by atoms with E-state index in [9.17, 15) is 0 Å². The Balaban J connectivity index is 1.79. The van der Waals surface area contributed by atoms with Gasteiger partial charge in [0.25, 0.3) is 0 Å². The average Bonchev–Trinajstić information content (AvgIpc) is 2.60. The summed E-state index contributed by atoms with van der Waals surface area (Å²) in [4.78, 5) is 3.37. The van der Waals surface area contributed by atoms with Crippen molar-refractivity contribution in [3.8, 4) is 0 Å². The SMILES string of the molecule is Clc1cccc2cc(CNC3CCC3)[nH]c12. The summed E-state index contributed by atoms with van der Waals surface area (Å²) in [5.74, 6) is 0. The number of aromatic amines is 1. The molecule has 1 aliphatic carbocycles. The maximum Gasteiger partial charge on any atom is 0.0647 e. The van der Waals surface area contributed by atoms with Crippen LogP contribution in [0.3, 0.4) is 0 Å². The van der Waals surface area contributed by atoms with Crippen LogP contribution in [0, 0.1) is 0 Å². The summed E-state index contributed by atoms with van der Waals surface area (Å²) in [6.45, 7) is 0.912. The molecule has 2 nitrogen and oxygen atoms in total. The second-order valence-corrected chi connectivity index (χ2v) is 4.91. The van der Waals surface area contributed by atoms with Crippen LogP contribution in [0.4, 0.5) is 0 Å². The van der Waals surface area contributed by atoms with Crippen molar-refractivity contribution in [3.05, 3.63) is 35.0 Å². The van der Waals surface area contributed by atoms with Crippen LogP contribution < -0.4 is 5.32 Å². The minimum absolute atomic E-state index is 0.724. The highest BCUT2D eigenvalue weighted by molar-refractivity contribution is 6.35. The molecule has 0 amide bonds. The molecule has 3 heteroatoms. The number of hydrogen-bond acceptors (Lipinski definition) is 1. The van der Waals surface area contributed by atoms with Crippen molar-refractivity contribution < 1.29 is 0 Å². The van der Waals surface area contributed by atoms with E-state index in [1.807, 2.05) is 12.1 Å². The number of para-hydroxylation sites is 1. The molecule has 1 aliphatic rings. The lowest BCUT2D eigenvalue weighted by molar-refractivity contribution is 0.337. The van der Waals surface area contributed by atoms with Gasteiger partial charge in [-0.15, -0.1) is 0 Å². The van der Waals surface area contributed by atoms with Crippen molar-refractivity contribution >= 4 is 22.5 Å².